The molecule has 0 bridgehead atoms. The monoisotopic (exact) mass is 229 g/mol. The molecule has 0 heterocycles. The summed E-state index contributed by atoms with van der Waals surface area (Å²) in [5.74, 6) is 2.67. The van der Waals surface area contributed by atoms with Crippen molar-refractivity contribution < 1.29 is 0 Å². The molecule has 0 unspecified atom stereocenters. The minimum atomic E-state index is -0.179. The Hall–Kier alpha value is -1.55. The molecule has 0 N–H and O–H groups in total. The fourth-order valence-electron chi connectivity index (χ4n) is 1.53. The van der Waals surface area contributed by atoms with Gasteiger partial charge in [-0.3, -0.25) is 4.99 Å². The van der Waals surface area contributed by atoms with E-state index in [9.17, 15) is 0 Å². The van der Waals surface area contributed by atoms with Gasteiger partial charge >= 0.3 is 0 Å². The molecule has 92 valence electrons. The second kappa shape index (κ2) is 6.25. The second-order valence-electron chi connectivity index (χ2n) is 4.77. The van der Waals surface area contributed by atoms with Crippen molar-refractivity contribution in [1.29, 1.82) is 0 Å². The molecule has 0 aromatic rings. The number of terminal acetylenes is 1. The zero-order valence-electron chi connectivity index (χ0n) is 11.9. The molecule has 0 aromatic heterocycles. The van der Waals surface area contributed by atoms with E-state index in [-0.39, 0.29) is 5.41 Å². The maximum atomic E-state index is 5.53. The van der Waals surface area contributed by atoms with Gasteiger partial charge < -0.3 is 0 Å². The average Bonchev–Trinajstić information content (AvgIpc) is 2.27. The smallest absolute Gasteiger partial charge is 0.0655 e. The molecule has 0 amide bonds. The van der Waals surface area contributed by atoms with Crippen LogP contribution in [0, 0.1) is 17.8 Å². The van der Waals surface area contributed by atoms with E-state index in [4.69, 9.17) is 6.42 Å². The maximum Gasteiger partial charge on any atom is 0.0655 e. The number of aliphatic imine (C=N–C) groups is 1. The highest BCUT2D eigenvalue weighted by Crippen LogP contribution is 2.37. The Kier molecular flexibility index (Phi) is 5.68. The summed E-state index contributed by atoms with van der Waals surface area (Å²) in [7, 11) is 0. The number of rotatable bonds is 4. The standard InChI is InChI=1S/C16H23N/c1-9-13(6)16(7,8)15(17-12(4)5)14(10-2)11-3/h2,9,11H,3H2,1,4-8H3/b13-9-,15-14-. The van der Waals surface area contributed by atoms with Crippen LogP contribution in [0.2, 0.25) is 0 Å². The van der Waals surface area contributed by atoms with Gasteiger partial charge in [-0.05, 0) is 27.7 Å². The summed E-state index contributed by atoms with van der Waals surface area (Å²) in [6.07, 6.45) is 9.33. The summed E-state index contributed by atoms with van der Waals surface area (Å²) in [4.78, 5) is 4.60. The highest BCUT2D eigenvalue weighted by molar-refractivity contribution is 5.80. The molecule has 17 heavy (non-hydrogen) atoms. The van der Waals surface area contributed by atoms with Crippen LogP contribution in [-0.2, 0) is 0 Å². The number of hydrogen-bond donors (Lipinski definition) is 0. The average molecular weight is 229 g/mol. The van der Waals surface area contributed by atoms with E-state index < -0.39 is 0 Å². The molecule has 0 aliphatic heterocycles. The van der Waals surface area contributed by atoms with Gasteiger partial charge in [-0.15, -0.1) is 6.42 Å². The largest absolute Gasteiger partial charge is 0.261 e. The highest BCUT2D eigenvalue weighted by atomic mass is 14.8. The minimum absolute atomic E-state index is 0.179. The van der Waals surface area contributed by atoms with Gasteiger partial charge in [-0.1, -0.05) is 44.1 Å². The van der Waals surface area contributed by atoms with Gasteiger partial charge in [-0.25, -0.2) is 0 Å². The van der Waals surface area contributed by atoms with Crippen molar-refractivity contribution in [3.8, 4) is 12.3 Å². The van der Waals surface area contributed by atoms with Crippen molar-refractivity contribution in [3.05, 3.63) is 35.6 Å². The van der Waals surface area contributed by atoms with Crippen molar-refractivity contribution in [3.63, 3.8) is 0 Å². The quantitative estimate of drug-likeness (QED) is 0.290. The summed E-state index contributed by atoms with van der Waals surface area (Å²) in [6, 6.07) is 0. The number of hydrogen-bond acceptors (Lipinski definition) is 1. The first-order chi connectivity index (χ1) is 7.81. The summed E-state index contributed by atoms with van der Waals surface area (Å²) >= 11 is 0. The summed E-state index contributed by atoms with van der Waals surface area (Å²) in [6.45, 7) is 16.1. The molecule has 0 aliphatic rings. The molecule has 1 heteroatoms. The lowest BCUT2D eigenvalue weighted by Crippen LogP contribution is -2.17. The van der Waals surface area contributed by atoms with Crippen molar-refractivity contribution >= 4 is 5.71 Å². The highest BCUT2D eigenvalue weighted by Gasteiger charge is 2.26. The Balaban J connectivity index is 6.02. The van der Waals surface area contributed by atoms with Crippen molar-refractivity contribution in [1.82, 2.24) is 0 Å². The van der Waals surface area contributed by atoms with E-state index in [1.165, 1.54) is 5.57 Å². The topological polar surface area (TPSA) is 12.4 Å². The predicted octanol–water partition coefficient (Wildman–Crippen LogP) is 4.53. The third kappa shape index (κ3) is 3.75. The van der Waals surface area contributed by atoms with Crippen LogP contribution >= 0.6 is 0 Å². The van der Waals surface area contributed by atoms with Crippen molar-refractivity contribution in [2.45, 2.75) is 41.5 Å². The van der Waals surface area contributed by atoms with Gasteiger partial charge in [0.05, 0.1) is 5.70 Å². The summed E-state index contributed by atoms with van der Waals surface area (Å²) < 4.78 is 0. The Labute approximate surface area is 106 Å². The molecule has 0 saturated carbocycles. The normalized spacial score (nSPS) is 13.6. The third-order valence-electron chi connectivity index (χ3n) is 2.96. The van der Waals surface area contributed by atoms with Crippen LogP contribution in [0.15, 0.2) is 40.6 Å². The van der Waals surface area contributed by atoms with Crippen LogP contribution in [0.3, 0.4) is 0 Å². The number of nitrogens with zero attached hydrogens (tertiary/aromatic N) is 1. The van der Waals surface area contributed by atoms with Crippen molar-refractivity contribution in [2.24, 2.45) is 10.4 Å². The Morgan fingerprint density at radius 1 is 1.29 bits per heavy atom. The van der Waals surface area contributed by atoms with Crippen LogP contribution in [0.1, 0.15) is 41.5 Å². The molecule has 0 aliphatic carbocycles. The molecule has 0 spiro atoms. The van der Waals surface area contributed by atoms with E-state index in [2.05, 4.69) is 44.3 Å². The summed E-state index contributed by atoms with van der Waals surface area (Å²) in [5.41, 5.74) is 3.73. The predicted molar refractivity (Wildman–Crippen MR) is 78.1 cm³/mol. The maximum absolute atomic E-state index is 5.53. The second-order valence-corrected chi connectivity index (χ2v) is 4.77. The van der Waals surface area contributed by atoms with Crippen LogP contribution < -0.4 is 0 Å². The van der Waals surface area contributed by atoms with Crippen LogP contribution in [0.25, 0.3) is 0 Å². The first kappa shape index (κ1) is 15.4. The van der Waals surface area contributed by atoms with Gasteiger partial charge in [-0.2, -0.15) is 0 Å². The first-order valence-corrected chi connectivity index (χ1v) is 5.80. The van der Waals surface area contributed by atoms with E-state index in [1.807, 2.05) is 20.8 Å². The molecular weight excluding hydrogens is 206 g/mol. The molecule has 0 aromatic carbocycles. The molecule has 1 nitrogen and oxygen atoms in total. The number of allylic oxidation sites excluding steroid dienone is 4. The van der Waals surface area contributed by atoms with Gasteiger partial charge in [0.2, 0.25) is 0 Å². The summed E-state index contributed by atoms with van der Waals surface area (Å²) in [5, 5.41) is 0. The van der Waals surface area contributed by atoms with Gasteiger partial charge in [0.1, 0.15) is 0 Å². The molecule has 0 saturated heterocycles. The zero-order chi connectivity index (χ0) is 13.6. The SMILES string of the molecule is C#C/C(C=C)=C(/N=C(C)C)C(C)(C)/C(C)=C\C. The molecule has 0 fully saturated rings. The Morgan fingerprint density at radius 2 is 1.82 bits per heavy atom. The van der Waals surface area contributed by atoms with E-state index in [1.54, 1.807) is 6.08 Å². The molecule has 0 radical (unpaired) electrons. The molecular formula is C16H23N. The third-order valence-corrected chi connectivity index (χ3v) is 2.96. The fraction of sp³-hybridized carbons (Fsp3) is 0.438. The van der Waals surface area contributed by atoms with E-state index >= 15 is 0 Å². The zero-order valence-corrected chi connectivity index (χ0v) is 11.9. The van der Waals surface area contributed by atoms with E-state index in [0.717, 1.165) is 17.0 Å². The minimum Gasteiger partial charge on any atom is -0.261 e. The molecule has 0 rings (SSSR count). The lowest BCUT2D eigenvalue weighted by atomic mass is 9.79. The van der Waals surface area contributed by atoms with Crippen LogP contribution in [-0.4, -0.2) is 5.71 Å². The lowest BCUT2D eigenvalue weighted by molar-refractivity contribution is 0.529. The Bertz CT molecular complexity index is 419. The fourth-order valence-corrected chi connectivity index (χ4v) is 1.53. The van der Waals surface area contributed by atoms with Gasteiger partial charge in [0.15, 0.2) is 0 Å². The van der Waals surface area contributed by atoms with Crippen molar-refractivity contribution in [2.75, 3.05) is 0 Å². The van der Waals surface area contributed by atoms with Crippen LogP contribution in [0.5, 0.6) is 0 Å². The van der Waals surface area contributed by atoms with E-state index in [0.29, 0.717) is 0 Å². The van der Waals surface area contributed by atoms with Gasteiger partial charge in [0, 0.05) is 16.7 Å². The van der Waals surface area contributed by atoms with Gasteiger partial charge in [0.25, 0.3) is 0 Å². The van der Waals surface area contributed by atoms with Crippen LogP contribution in [0.4, 0.5) is 0 Å². The first-order valence-electron chi connectivity index (χ1n) is 5.80. The Morgan fingerprint density at radius 3 is 2.12 bits per heavy atom. The molecule has 0 atom stereocenters. The lowest BCUT2D eigenvalue weighted by Gasteiger charge is -2.28.